The van der Waals surface area contributed by atoms with Crippen LogP contribution in [0.2, 0.25) is 0 Å². The molecule has 0 radical (unpaired) electrons. The van der Waals surface area contributed by atoms with Gasteiger partial charge in [0.15, 0.2) is 0 Å². The van der Waals surface area contributed by atoms with Gasteiger partial charge in [-0.1, -0.05) is 18.7 Å². The van der Waals surface area contributed by atoms with Crippen molar-refractivity contribution in [3.05, 3.63) is 36.8 Å². The van der Waals surface area contributed by atoms with Crippen molar-refractivity contribution in [2.75, 3.05) is 13.1 Å². The molecule has 6 heteroatoms. The van der Waals surface area contributed by atoms with Gasteiger partial charge in [-0.2, -0.15) is 0 Å². The van der Waals surface area contributed by atoms with Gasteiger partial charge in [0.1, 0.15) is 0 Å². The molecule has 0 spiro atoms. The second-order valence-corrected chi connectivity index (χ2v) is 5.60. The molecular weight excluding hydrogens is 306 g/mol. The summed E-state index contributed by atoms with van der Waals surface area (Å²) in [7, 11) is 0. The number of ether oxygens (including phenoxy) is 1. The zero-order valence-electron chi connectivity index (χ0n) is 14.3. The second-order valence-electron chi connectivity index (χ2n) is 5.60. The summed E-state index contributed by atoms with van der Waals surface area (Å²) in [4.78, 5) is 27.2. The molecule has 1 heterocycles. The van der Waals surface area contributed by atoms with Crippen molar-refractivity contribution in [3.63, 3.8) is 0 Å². The maximum absolute atomic E-state index is 11.7. The maximum atomic E-state index is 11.7. The van der Waals surface area contributed by atoms with Gasteiger partial charge in [-0.05, 0) is 38.7 Å². The van der Waals surface area contributed by atoms with Crippen LogP contribution in [0.5, 0.6) is 0 Å². The Morgan fingerprint density at radius 1 is 1.21 bits per heavy atom. The van der Waals surface area contributed by atoms with Crippen LogP contribution in [0.25, 0.3) is 0 Å². The fourth-order valence-electron chi connectivity index (χ4n) is 2.10. The highest BCUT2D eigenvalue weighted by Crippen LogP contribution is 2.05. The second kappa shape index (κ2) is 12.1. The van der Waals surface area contributed by atoms with E-state index < -0.39 is 6.09 Å². The van der Waals surface area contributed by atoms with Crippen molar-refractivity contribution in [2.24, 2.45) is 4.99 Å². The van der Waals surface area contributed by atoms with Crippen LogP contribution in [0.15, 0.2) is 41.8 Å². The minimum atomic E-state index is -0.533. The molecule has 0 saturated heterocycles. The number of nitrogens with one attached hydrogen (secondary N) is 2. The third kappa shape index (κ3) is 10.4. The number of alkyl carbamates (subject to hydrolysis) is 1. The molecule has 2 amide bonds. The number of aliphatic imine (C=N–C) groups is 1. The topological polar surface area (TPSA) is 79.8 Å². The highest BCUT2D eigenvalue weighted by Gasteiger charge is 2.04. The zero-order chi connectivity index (χ0) is 17.6. The van der Waals surface area contributed by atoms with E-state index in [1.165, 1.54) is 5.71 Å². The van der Waals surface area contributed by atoms with Crippen molar-refractivity contribution >= 4 is 17.7 Å². The average Bonchev–Trinajstić information content (AvgIpc) is 2.79. The number of rotatable bonds is 10. The van der Waals surface area contributed by atoms with Crippen LogP contribution in [0, 0.1) is 0 Å². The largest absolute Gasteiger partial charge is 0.416 e. The lowest BCUT2D eigenvalue weighted by molar-refractivity contribution is -0.121. The zero-order valence-corrected chi connectivity index (χ0v) is 14.3. The predicted octanol–water partition coefficient (Wildman–Crippen LogP) is 3.23. The Kier molecular flexibility index (Phi) is 9.92. The monoisotopic (exact) mass is 333 g/mol. The molecule has 2 N–H and O–H groups in total. The first-order valence-electron chi connectivity index (χ1n) is 8.33. The molecule has 0 saturated carbocycles. The number of allylic oxidation sites excluding steroid dienone is 4. The lowest BCUT2D eigenvalue weighted by Crippen LogP contribution is -2.28. The molecule has 0 aliphatic carbocycles. The van der Waals surface area contributed by atoms with Crippen LogP contribution < -0.4 is 10.6 Å². The summed E-state index contributed by atoms with van der Waals surface area (Å²) in [6.07, 6.45) is 12.1. The van der Waals surface area contributed by atoms with Crippen LogP contribution in [0.3, 0.4) is 0 Å². The molecule has 0 atom stereocenters. The molecule has 0 aromatic heterocycles. The van der Waals surface area contributed by atoms with E-state index in [-0.39, 0.29) is 5.91 Å². The van der Waals surface area contributed by atoms with Crippen molar-refractivity contribution < 1.29 is 14.3 Å². The molecule has 24 heavy (non-hydrogen) atoms. The quantitative estimate of drug-likeness (QED) is 0.476. The number of hydrogen-bond donors (Lipinski definition) is 2. The van der Waals surface area contributed by atoms with Crippen LogP contribution in [0.1, 0.15) is 45.4 Å². The third-order valence-electron chi connectivity index (χ3n) is 3.28. The van der Waals surface area contributed by atoms with Gasteiger partial charge in [0.05, 0.1) is 5.76 Å². The SMILES string of the molecule is C=C(C)OC(=O)NCCCC(=O)NCCCCC1=NC=CC=CC1. The fraction of sp³-hybridized carbons (Fsp3) is 0.500. The van der Waals surface area contributed by atoms with Crippen molar-refractivity contribution in [1.29, 1.82) is 0 Å². The summed E-state index contributed by atoms with van der Waals surface area (Å²) in [6.45, 7) is 6.15. The maximum Gasteiger partial charge on any atom is 0.412 e. The Morgan fingerprint density at radius 3 is 2.79 bits per heavy atom. The first kappa shape index (κ1) is 19.7. The molecule has 0 unspecified atom stereocenters. The Morgan fingerprint density at radius 2 is 2.00 bits per heavy atom. The minimum Gasteiger partial charge on any atom is -0.416 e. The average molecular weight is 333 g/mol. The molecule has 132 valence electrons. The predicted molar refractivity (Wildman–Crippen MR) is 95.7 cm³/mol. The highest BCUT2D eigenvalue weighted by molar-refractivity contribution is 5.86. The Bertz CT molecular complexity index is 522. The first-order chi connectivity index (χ1) is 11.6. The summed E-state index contributed by atoms with van der Waals surface area (Å²) < 4.78 is 4.74. The molecule has 0 aromatic rings. The van der Waals surface area contributed by atoms with Crippen LogP contribution in [0.4, 0.5) is 4.79 Å². The Hall–Kier alpha value is -2.37. The molecule has 0 aromatic carbocycles. The number of hydrogen-bond acceptors (Lipinski definition) is 4. The summed E-state index contributed by atoms with van der Waals surface area (Å²) in [6, 6.07) is 0. The van der Waals surface area contributed by atoms with E-state index in [1.54, 1.807) is 6.92 Å². The molecule has 1 rings (SSSR count). The van der Waals surface area contributed by atoms with Gasteiger partial charge >= 0.3 is 6.09 Å². The van der Waals surface area contributed by atoms with E-state index >= 15 is 0 Å². The first-order valence-corrected chi connectivity index (χ1v) is 8.33. The van der Waals surface area contributed by atoms with Crippen LogP contribution in [-0.4, -0.2) is 30.8 Å². The third-order valence-corrected chi connectivity index (χ3v) is 3.28. The molecule has 6 nitrogen and oxygen atoms in total. The van der Waals surface area contributed by atoms with E-state index in [1.807, 2.05) is 18.4 Å². The summed E-state index contributed by atoms with van der Waals surface area (Å²) in [5, 5.41) is 5.45. The van der Waals surface area contributed by atoms with E-state index in [0.29, 0.717) is 31.7 Å². The molecule has 1 aliphatic heterocycles. The van der Waals surface area contributed by atoms with Gasteiger partial charge in [0.2, 0.25) is 5.91 Å². The fourth-order valence-corrected chi connectivity index (χ4v) is 2.10. The Labute approximate surface area is 143 Å². The van der Waals surface area contributed by atoms with E-state index in [0.717, 1.165) is 25.7 Å². The van der Waals surface area contributed by atoms with Crippen molar-refractivity contribution in [1.82, 2.24) is 10.6 Å². The lowest BCUT2D eigenvalue weighted by Gasteiger charge is -2.07. The molecule has 0 fully saturated rings. The van der Waals surface area contributed by atoms with E-state index in [9.17, 15) is 9.59 Å². The lowest BCUT2D eigenvalue weighted by atomic mass is 10.1. The standard InChI is InChI=1S/C18H27N3O3/c1-15(2)24-18(23)21-14-8-11-17(22)20-13-7-5-10-16-9-4-3-6-12-19-16/h3-4,6,12H,1,5,7-11,13-14H2,2H3,(H,20,22)(H,21,23). The van der Waals surface area contributed by atoms with Gasteiger partial charge < -0.3 is 15.4 Å². The number of unbranched alkanes of at least 4 members (excludes halogenated alkanes) is 1. The number of nitrogens with zero attached hydrogens (tertiary/aromatic N) is 1. The van der Waals surface area contributed by atoms with Crippen molar-refractivity contribution in [3.8, 4) is 0 Å². The summed E-state index contributed by atoms with van der Waals surface area (Å²) >= 11 is 0. The minimum absolute atomic E-state index is 0.00254. The van der Waals surface area contributed by atoms with Gasteiger partial charge in [0, 0.05) is 37.8 Å². The van der Waals surface area contributed by atoms with Crippen LogP contribution in [-0.2, 0) is 9.53 Å². The van der Waals surface area contributed by atoms with Gasteiger partial charge in [-0.3, -0.25) is 9.79 Å². The number of amides is 2. The van der Waals surface area contributed by atoms with Gasteiger partial charge in [-0.15, -0.1) is 0 Å². The normalized spacial score (nSPS) is 13.0. The summed E-state index contributed by atoms with van der Waals surface area (Å²) in [5.41, 5.74) is 1.18. The van der Waals surface area contributed by atoms with Crippen LogP contribution >= 0.6 is 0 Å². The smallest absolute Gasteiger partial charge is 0.412 e. The Balaban J connectivity index is 1.97. The molecule has 1 aliphatic rings. The van der Waals surface area contributed by atoms with Gasteiger partial charge in [-0.25, -0.2) is 4.79 Å². The van der Waals surface area contributed by atoms with E-state index in [4.69, 9.17) is 4.74 Å². The summed E-state index contributed by atoms with van der Waals surface area (Å²) in [5.74, 6) is 0.342. The van der Waals surface area contributed by atoms with Crippen molar-refractivity contribution in [2.45, 2.75) is 45.4 Å². The molecular formula is C18H27N3O3. The van der Waals surface area contributed by atoms with E-state index in [2.05, 4.69) is 28.3 Å². The molecule has 0 bridgehead atoms. The highest BCUT2D eigenvalue weighted by atomic mass is 16.6. The number of carbonyl (C=O) groups is 2. The van der Waals surface area contributed by atoms with Gasteiger partial charge in [0.25, 0.3) is 0 Å². The number of carbonyl (C=O) groups excluding carboxylic acids is 2.